The van der Waals surface area contributed by atoms with Gasteiger partial charge in [0.2, 0.25) is 5.89 Å². The molecule has 6 heteroatoms. The first kappa shape index (κ1) is 13.0. The quantitative estimate of drug-likeness (QED) is 0.765. The number of anilines is 2. The molecule has 0 spiro atoms. The lowest BCUT2D eigenvalue weighted by Gasteiger charge is -2.06. The van der Waals surface area contributed by atoms with E-state index in [1.165, 1.54) is 0 Å². The van der Waals surface area contributed by atoms with E-state index in [4.69, 9.17) is 9.15 Å². The van der Waals surface area contributed by atoms with Gasteiger partial charge in [0.15, 0.2) is 0 Å². The van der Waals surface area contributed by atoms with Gasteiger partial charge >= 0.3 is 6.01 Å². The van der Waals surface area contributed by atoms with Crippen LogP contribution in [0.1, 0.15) is 0 Å². The third-order valence-electron chi connectivity index (χ3n) is 2.89. The number of nitrogens with one attached hydrogen (secondary N) is 1. The maximum absolute atomic E-state index is 9.27. The lowest BCUT2D eigenvalue weighted by molar-refractivity contribution is 0.416. The van der Waals surface area contributed by atoms with Crippen molar-refractivity contribution in [1.29, 1.82) is 0 Å². The summed E-state index contributed by atoms with van der Waals surface area (Å²) in [6, 6.07) is 14.2. The van der Waals surface area contributed by atoms with Crippen LogP contribution in [0.2, 0.25) is 0 Å². The normalized spacial score (nSPS) is 10.3. The molecule has 1 aromatic heterocycles. The van der Waals surface area contributed by atoms with Crippen LogP contribution in [0.5, 0.6) is 11.5 Å². The van der Waals surface area contributed by atoms with E-state index in [0.29, 0.717) is 11.6 Å². The fraction of sp³-hybridized carbons (Fsp3) is 0.0667. The minimum Gasteiger partial charge on any atom is -0.508 e. The number of phenolic OH excluding ortho intramolecular Hbond substituents is 1. The zero-order valence-corrected chi connectivity index (χ0v) is 11.3. The number of hydrogen-bond donors (Lipinski definition) is 2. The van der Waals surface area contributed by atoms with Gasteiger partial charge in [0.1, 0.15) is 11.5 Å². The van der Waals surface area contributed by atoms with Crippen molar-refractivity contribution in [2.45, 2.75) is 0 Å². The number of nitrogens with zero attached hydrogens (tertiary/aromatic N) is 2. The van der Waals surface area contributed by atoms with Crippen molar-refractivity contribution in [2.75, 3.05) is 12.4 Å². The Hall–Kier alpha value is -3.02. The predicted octanol–water partition coefficient (Wildman–Crippen LogP) is 3.19. The molecule has 6 nitrogen and oxygen atoms in total. The Morgan fingerprint density at radius 3 is 2.57 bits per heavy atom. The average Bonchev–Trinajstić information content (AvgIpc) is 2.97. The van der Waals surface area contributed by atoms with E-state index >= 15 is 0 Å². The Balaban J connectivity index is 1.83. The summed E-state index contributed by atoms with van der Waals surface area (Å²) in [7, 11) is 1.59. The van der Waals surface area contributed by atoms with Crippen molar-refractivity contribution in [3.05, 3.63) is 48.5 Å². The van der Waals surface area contributed by atoms with E-state index in [0.717, 1.165) is 11.3 Å². The zero-order valence-electron chi connectivity index (χ0n) is 11.3. The topological polar surface area (TPSA) is 80.4 Å². The fourth-order valence-corrected chi connectivity index (χ4v) is 1.86. The number of aromatic nitrogens is 2. The first-order chi connectivity index (χ1) is 10.3. The largest absolute Gasteiger partial charge is 0.508 e. The van der Waals surface area contributed by atoms with Gasteiger partial charge in [-0.25, -0.2) is 0 Å². The number of benzene rings is 2. The van der Waals surface area contributed by atoms with Crippen LogP contribution >= 0.6 is 0 Å². The summed E-state index contributed by atoms with van der Waals surface area (Å²) < 4.78 is 10.8. The van der Waals surface area contributed by atoms with Crippen LogP contribution in [0.3, 0.4) is 0 Å². The van der Waals surface area contributed by atoms with E-state index in [1.54, 1.807) is 31.4 Å². The monoisotopic (exact) mass is 283 g/mol. The standard InChI is InChI=1S/C15H13N3O3/c1-20-13-5-3-2-4-12(13)16-15-18-17-14(21-15)10-6-8-11(19)9-7-10/h2-9,19H,1H3,(H,16,18). The van der Waals surface area contributed by atoms with Crippen molar-refractivity contribution >= 4 is 11.7 Å². The maximum Gasteiger partial charge on any atom is 0.320 e. The number of para-hydroxylation sites is 2. The number of hydrogen-bond acceptors (Lipinski definition) is 6. The Kier molecular flexibility index (Phi) is 3.42. The third-order valence-corrected chi connectivity index (χ3v) is 2.89. The summed E-state index contributed by atoms with van der Waals surface area (Å²) in [4.78, 5) is 0. The fourth-order valence-electron chi connectivity index (χ4n) is 1.86. The summed E-state index contributed by atoms with van der Waals surface area (Å²) in [5.41, 5.74) is 1.47. The van der Waals surface area contributed by atoms with Gasteiger partial charge in [-0.05, 0) is 36.4 Å². The molecule has 0 saturated carbocycles. The highest BCUT2D eigenvalue weighted by Crippen LogP contribution is 2.28. The second kappa shape index (κ2) is 5.54. The second-order valence-corrected chi connectivity index (χ2v) is 4.28. The molecule has 0 bridgehead atoms. The highest BCUT2D eigenvalue weighted by Gasteiger charge is 2.10. The molecule has 0 aliphatic carbocycles. The molecule has 0 atom stereocenters. The second-order valence-electron chi connectivity index (χ2n) is 4.28. The molecule has 2 aromatic carbocycles. The van der Waals surface area contributed by atoms with E-state index in [9.17, 15) is 5.11 Å². The molecule has 0 saturated heterocycles. The number of rotatable bonds is 4. The first-order valence-corrected chi connectivity index (χ1v) is 6.29. The number of ether oxygens (including phenoxy) is 1. The molecule has 0 amide bonds. The third kappa shape index (κ3) is 2.79. The molecule has 0 aliphatic heterocycles. The molecule has 106 valence electrons. The highest BCUT2D eigenvalue weighted by atomic mass is 16.5. The van der Waals surface area contributed by atoms with E-state index < -0.39 is 0 Å². The molecular weight excluding hydrogens is 270 g/mol. The minimum absolute atomic E-state index is 0.186. The van der Waals surface area contributed by atoms with Gasteiger partial charge in [-0.15, -0.1) is 5.10 Å². The van der Waals surface area contributed by atoms with Gasteiger partial charge in [-0.3, -0.25) is 0 Å². The van der Waals surface area contributed by atoms with Gasteiger partial charge in [0.05, 0.1) is 12.8 Å². The van der Waals surface area contributed by atoms with Crippen LogP contribution in [0.4, 0.5) is 11.7 Å². The number of phenols is 1. The Labute approximate surface area is 121 Å². The van der Waals surface area contributed by atoms with Gasteiger partial charge in [-0.2, -0.15) is 0 Å². The van der Waals surface area contributed by atoms with Gasteiger partial charge < -0.3 is 19.6 Å². The Morgan fingerprint density at radius 1 is 1.05 bits per heavy atom. The van der Waals surface area contributed by atoms with Crippen molar-refractivity contribution in [1.82, 2.24) is 10.2 Å². The smallest absolute Gasteiger partial charge is 0.320 e. The Morgan fingerprint density at radius 2 is 1.81 bits per heavy atom. The summed E-state index contributed by atoms with van der Waals surface area (Å²) >= 11 is 0. The van der Waals surface area contributed by atoms with E-state index in [2.05, 4.69) is 15.5 Å². The van der Waals surface area contributed by atoms with Crippen LogP contribution in [-0.2, 0) is 0 Å². The van der Waals surface area contributed by atoms with Gasteiger partial charge in [0.25, 0.3) is 0 Å². The molecule has 2 N–H and O–H groups in total. The van der Waals surface area contributed by atoms with Gasteiger partial charge in [0, 0.05) is 5.56 Å². The molecule has 21 heavy (non-hydrogen) atoms. The van der Waals surface area contributed by atoms with E-state index in [1.807, 2.05) is 24.3 Å². The average molecular weight is 283 g/mol. The molecule has 0 aliphatic rings. The zero-order chi connectivity index (χ0) is 14.7. The first-order valence-electron chi connectivity index (χ1n) is 6.29. The van der Waals surface area contributed by atoms with Crippen molar-refractivity contribution < 1.29 is 14.3 Å². The van der Waals surface area contributed by atoms with Crippen LogP contribution in [-0.4, -0.2) is 22.4 Å². The molecular formula is C15H13N3O3. The van der Waals surface area contributed by atoms with Crippen molar-refractivity contribution in [3.8, 4) is 23.0 Å². The lowest BCUT2D eigenvalue weighted by atomic mass is 10.2. The molecule has 0 unspecified atom stereocenters. The SMILES string of the molecule is COc1ccccc1Nc1nnc(-c2ccc(O)cc2)o1. The van der Waals surface area contributed by atoms with Gasteiger partial charge in [-0.1, -0.05) is 17.2 Å². The summed E-state index contributed by atoms with van der Waals surface area (Å²) in [5, 5.41) is 20.2. The van der Waals surface area contributed by atoms with Crippen LogP contribution in [0.25, 0.3) is 11.5 Å². The minimum atomic E-state index is 0.186. The van der Waals surface area contributed by atoms with Crippen LogP contribution in [0.15, 0.2) is 52.9 Å². The molecule has 3 rings (SSSR count). The van der Waals surface area contributed by atoms with E-state index in [-0.39, 0.29) is 11.8 Å². The van der Waals surface area contributed by atoms with Crippen molar-refractivity contribution in [2.24, 2.45) is 0 Å². The molecule has 0 fully saturated rings. The summed E-state index contributed by atoms with van der Waals surface area (Å²) in [5.74, 6) is 1.24. The molecule has 3 aromatic rings. The van der Waals surface area contributed by atoms with Crippen molar-refractivity contribution in [3.63, 3.8) is 0 Å². The summed E-state index contributed by atoms with van der Waals surface area (Å²) in [6.07, 6.45) is 0. The molecule has 1 heterocycles. The lowest BCUT2D eigenvalue weighted by Crippen LogP contribution is -1.94. The highest BCUT2D eigenvalue weighted by molar-refractivity contribution is 5.62. The predicted molar refractivity (Wildman–Crippen MR) is 77.7 cm³/mol. The Bertz CT molecular complexity index is 738. The number of aromatic hydroxyl groups is 1. The summed E-state index contributed by atoms with van der Waals surface area (Å²) in [6.45, 7) is 0. The number of methoxy groups -OCH3 is 1. The molecule has 0 radical (unpaired) electrons. The maximum atomic E-state index is 9.27. The van der Waals surface area contributed by atoms with Crippen LogP contribution in [0, 0.1) is 0 Å². The van der Waals surface area contributed by atoms with Crippen LogP contribution < -0.4 is 10.1 Å².